The van der Waals surface area contributed by atoms with E-state index in [1.54, 1.807) is 4.68 Å². The van der Waals surface area contributed by atoms with Crippen LogP contribution in [0.5, 0.6) is 5.75 Å². The van der Waals surface area contributed by atoms with Crippen LogP contribution in [0.15, 0.2) is 30.3 Å². The molecular formula is C25H34N6O2. The molecule has 3 rings (SSSR count). The minimum absolute atomic E-state index is 0.0997. The number of benzene rings is 1. The molecule has 8 heteroatoms. The lowest BCUT2D eigenvalue weighted by Crippen LogP contribution is -2.27. The number of likely N-dealkylation sites (N-methyl/N-ethyl adjacent to an activating group) is 1. The molecule has 0 radical (unpaired) electrons. The molecule has 0 bridgehead atoms. The molecule has 1 amide bonds. The number of anilines is 1. The number of aryl methyl sites for hydroxylation is 3. The first kappa shape index (κ1) is 24.4. The summed E-state index contributed by atoms with van der Waals surface area (Å²) in [6, 6.07) is 9.40. The van der Waals surface area contributed by atoms with E-state index in [2.05, 4.69) is 39.1 Å². The summed E-state index contributed by atoms with van der Waals surface area (Å²) in [5.41, 5.74) is 5.03. The Morgan fingerprint density at radius 1 is 1.03 bits per heavy atom. The van der Waals surface area contributed by atoms with Crippen molar-refractivity contribution in [2.24, 2.45) is 0 Å². The van der Waals surface area contributed by atoms with Crippen LogP contribution in [0, 0.1) is 27.7 Å². The SMILES string of the molecule is CCN(CC)CCOc1ccc(NC(=O)Cc2c(C)nn(-c3nc(C)cc(C)n3)c2C)cc1. The van der Waals surface area contributed by atoms with Gasteiger partial charge in [0.15, 0.2) is 0 Å². The van der Waals surface area contributed by atoms with Gasteiger partial charge in [-0.15, -0.1) is 0 Å². The molecule has 0 aliphatic rings. The van der Waals surface area contributed by atoms with Crippen LogP contribution in [0.2, 0.25) is 0 Å². The highest BCUT2D eigenvalue weighted by molar-refractivity contribution is 5.92. The summed E-state index contributed by atoms with van der Waals surface area (Å²) in [6.45, 7) is 15.6. The second-order valence-electron chi connectivity index (χ2n) is 8.14. The Bertz CT molecular complexity index is 1070. The van der Waals surface area contributed by atoms with Gasteiger partial charge in [-0.1, -0.05) is 13.8 Å². The highest BCUT2D eigenvalue weighted by atomic mass is 16.5. The molecule has 0 unspecified atom stereocenters. The predicted molar refractivity (Wildman–Crippen MR) is 130 cm³/mol. The van der Waals surface area contributed by atoms with Gasteiger partial charge in [-0.25, -0.2) is 14.6 Å². The van der Waals surface area contributed by atoms with Crippen molar-refractivity contribution in [3.05, 3.63) is 58.7 Å². The first-order chi connectivity index (χ1) is 15.8. The molecule has 0 atom stereocenters. The Labute approximate surface area is 196 Å². The molecule has 2 aromatic heterocycles. The summed E-state index contributed by atoms with van der Waals surface area (Å²) in [7, 11) is 0. The van der Waals surface area contributed by atoms with Crippen LogP contribution in [0.4, 0.5) is 5.69 Å². The van der Waals surface area contributed by atoms with E-state index in [9.17, 15) is 4.79 Å². The highest BCUT2D eigenvalue weighted by Crippen LogP contribution is 2.19. The summed E-state index contributed by atoms with van der Waals surface area (Å²) in [4.78, 5) is 24.0. The maximum Gasteiger partial charge on any atom is 0.251 e. The van der Waals surface area contributed by atoms with Gasteiger partial charge in [0.05, 0.1) is 12.1 Å². The molecule has 1 N–H and O–H groups in total. The van der Waals surface area contributed by atoms with Crippen LogP contribution in [0.1, 0.15) is 42.2 Å². The Morgan fingerprint density at radius 3 is 2.27 bits per heavy atom. The summed E-state index contributed by atoms with van der Waals surface area (Å²) >= 11 is 0. The van der Waals surface area contributed by atoms with Crippen LogP contribution in [-0.2, 0) is 11.2 Å². The number of carbonyl (C=O) groups excluding carboxylic acids is 1. The zero-order valence-corrected chi connectivity index (χ0v) is 20.5. The number of aromatic nitrogens is 4. The van der Waals surface area contributed by atoms with E-state index in [0.29, 0.717) is 12.6 Å². The molecule has 0 saturated carbocycles. The molecule has 33 heavy (non-hydrogen) atoms. The second kappa shape index (κ2) is 11.0. The number of nitrogens with one attached hydrogen (secondary N) is 1. The van der Waals surface area contributed by atoms with Crippen molar-refractivity contribution < 1.29 is 9.53 Å². The fraction of sp³-hybridized carbons (Fsp3) is 0.440. The highest BCUT2D eigenvalue weighted by Gasteiger charge is 2.18. The number of carbonyl (C=O) groups is 1. The molecule has 0 aliphatic heterocycles. The zero-order valence-electron chi connectivity index (χ0n) is 20.5. The lowest BCUT2D eigenvalue weighted by Gasteiger charge is -2.18. The van der Waals surface area contributed by atoms with Crippen LogP contribution in [0.25, 0.3) is 5.95 Å². The first-order valence-electron chi connectivity index (χ1n) is 11.4. The summed E-state index contributed by atoms with van der Waals surface area (Å²) < 4.78 is 7.52. The van der Waals surface area contributed by atoms with Crippen molar-refractivity contribution in [1.29, 1.82) is 0 Å². The van der Waals surface area contributed by atoms with Crippen molar-refractivity contribution >= 4 is 11.6 Å². The van der Waals surface area contributed by atoms with Crippen molar-refractivity contribution in [1.82, 2.24) is 24.6 Å². The standard InChI is InChI=1S/C25H34N6O2/c1-7-30(8-2)13-14-33-22-11-9-21(10-12-22)28-24(32)16-23-19(5)29-31(20(23)6)25-26-17(3)15-18(4)27-25/h9-12,15H,7-8,13-14,16H2,1-6H3,(H,28,32). The van der Waals surface area contributed by atoms with Gasteiger partial charge in [0.1, 0.15) is 12.4 Å². The minimum atomic E-state index is -0.0997. The van der Waals surface area contributed by atoms with E-state index in [1.807, 2.05) is 58.0 Å². The smallest absolute Gasteiger partial charge is 0.251 e. The van der Waals surface area contributed by atoms with E-state index < -0.39 is 0 Å². The molecule has 0 spiro atoms. The van der Waals surface area contributed by atoms with Gasteiger partial charge in [0.2, 0.25) is 5.91 Å². The third-order valence-corrected chi connectivity index (χ3v) is 5.65. The van der Waals surface area contributed by atoms with Crippen molar-refractivity contribution in [2.75, 3.05) is 31.6 Å². The van der Waals surface area contributed by atoms with Crippen LogP contribution in [0.3, 0.4) is 0 Å². The van der Waals surface area contributed by atoms with Gasteiger partial charge in [0.25, 0.3) is 5.95 Å². The van der Waals surface area contributed by atoms with E-state index in [-0.39, 0.29) is 12.3 Å². The number of hydrogen-bond acceptors (Lipinski definition) is 6. The van der Waals surface area contributed by atoms with Crippen LogP contribution < -0.4 is 10.1 Å². The molecule has 8 nitrogen and oxygen atoms in total. The molecule has 176 valence electrons. The second-order valence-corrected chi connectivity index (χ2v) is 8.14. The van der Waals surface area contributed by atoms with Gasteiger partial charge in [-0.05, 0) is 71.1 Å². The lowest BCUT2D eigenvalue weighted by molar-refractivity contribution is -0.115. The quantitative estimate of drug-likeness (QED) is 0.506. The van der Waals surface area contributed by atoms with Crippen LogP contribution >= 0.6 is 0 Å². The topological polar surface area (TPSA) is 85.2 Å². The van der Waals surface area contributed by atoms with Crippen molar-refractivity contribution in [2.45, 2.75) is 48.0 Å². The maximum atomic E-state index is 12.7. The van der Waals surface area contributed by atoms with Crippen LogP contribution in [-0.4, -0.2) is 56.8 Å². The number of amides is 1. The van der Waals surface area contributed by atoms with Crippen molar-refractivity contribution in [3.63, 3.8) is 0 Å². The Morgan fingerprint density at radius 2 is 1.67 bits per heavy atom. The first-order valence-corrected chi connectivity index (χ1v) is 11.4. The number of rotatable bonds is 10. The molecule has 3 aromatic rings. The van der Waals surface area contributed by atoms with Gasteiger partial charge in [0, 0.05) is 34.9 Å². The summed E-state index contributed by atoms with van der Waals surface area (Å²) in [5, 5.41) is 7.54. The van der Waals surface area contributed by atoms with E-state index in [1.165, 1.54) is 0 Å². The van der Waals surface area contributed by atoms with E-state index in [4.69, 9.17) is 4.74 Å². The van der Waals surface area contributed by atoms with Crippen molar-refractivity contribution in [3.8, 4) is 11.7 Å². The molecular weight excluding hydrogens is 416 g/mol. The monoisotopic (exact) mass is 450 g/mol. The minimum Gasteiger partial charge on any atom is -0.492 e. The Balaban J connectivity index is 1.61. The van der Waals surface area contributed by atoms with E-state index >= 15 is 0 Å². The van der Waals surface area contributed by atoms with E-state index in [0.717, 1.165) is 59.4 Å². The number of ether oxygens (including phenoxy) is 1. The fourth-order valence-electron chi connectivity index (χ4n) is 3.76. The molecule has 2 heterocycles. The molecule has 0 fully saturated rings. The fourth-order valence-corrected chi connectivity index (χ4v) is 3.76. The molecule has 0 saturated heterocycles. The Hall–Kier alpha value is -3.26. The summed E-state index contributed by atoms with van der Waals surface area (Å²) in [5.74, 6) is 1.22. The summed E-state index contributed by atoms with van der Waals surface area (Å²) in [6.07, 6.45) is 0.227. The predicted octanol–water partition coefficient (Wildman–Crippen LogP) is 3.80. The normalized spacial score (nSPS) is 11.1. The average molecular weight is 451 g/mol. The third-order valence-electron chi connectivity index (χ3n) is 5.65. The zero-order chi connectivity index (χ0) is 24.0. The van der Waals surface area contributed by atoms with Gasteiger partial charge < -0.3 is 15.0 Å². The number of hydrogen-bond donors (Lipinski definition) is 1. The average Bonchev–Trinajstić information content (AvgIpc) is 3.05. The lowest BCUT2D eigenvalue weighted by atomic mass is 10.1. The van der Waals surface area contributed by atoms with Gasteiger partial charge in [-0.3, -0.25) is 4.79 Å². The largest absolute Gasteiger partial charge is 0.492 e. The maximum absolute atomic E-state index is 12.7. The van der Waals surface area contributed by atoms with Gasteiger partial charge in [-0.2, -0.15) is 5.10 Å². The van der Waals surface area contributed by atoms with Gasteiger partial charge >= 0.3 is 0 Å². The Kier molecular flexibility index (Phi) is 8.16. The molecule has 0 aliphatic carbocycles. The third kappa shape index (κ3) is 6.38. The molecule has 1 aromatic carbocycles. The number of nitrogens with zero attached hydrogens (tertiary/aromatic N) is 5.